The Morgan fingerprint density at radius 1 is 1.07 bits per heavy atom. The van der Waals surface area contributed by atoms with Crippen molar-refractivity contribution >= 4 is 36.3 Å². The number of hydrogen-bond donors (Lipinski definition) is 0. The van der Waals surface area contributed by atoms with Gasteiger partial charge in [-0.15, -0.1) is 24.8 Å². The third-order valence-corrected chi connectivity index (χ3v) is 5.20. The first kappa shape index (κ1) is 25.3. The predicted molar refractivity (Wildman–Crippen MR) is 114 cm³/mol. The molecule has 1 fully saturated rings. The maximum atomic E-state index is 13.8. The number of Topliss-reactive ketones (excluding diaryl/α,β-unsaturated/α-hetero) is 1. The highest BCUT2D eigenvalue weighted by molar-refractivity contribution is 5.98. The van der Waals surface area contributed by atoms with Crippen LogP contribution in [0.5, 0.6) is 0 Å². The molecule has 1 aliphatic rings. The fourth-order valence-corrected chi connectivity index (χ4v) is 3.56. The Bertz CT molecular complexity index is 819. The van der Waals surface area contributed by atoms with Crippen LogP contribution in [0.3, 0.4) is 0 Å². The highest BCUT2D eigenvalue weighted by Gasteiger charge is 2.22. The topological polar surface area (TPSA) is 23.6 Å². The number of carbonyl (C=O) groups is 1. The second kappa shape index (κ2) is 10.9. The number of piperidine rings is 1. The van der Waals surface area contributed by atoms with Crippen LogP contribution in [0.4, 0.5) is 18.9 Å². The van der Waals surface area contributed by atoms with Crippen molar-refractivity contribution in [3.05, 3.63) is 65.0 Å². The van der Waals surface area contributed by atoms with E-state index in [2.05, 4.69) is 16.8 Å². The van der Waals surface area contributed by atoms with Crippen molar-refractivity contribution in [2.24, 2.45) is 0 Å². The summed E-state index contributed by atoms with van der Waals surface area (Å²) in [4.78, 5) is 16.9. The van der Waals surface area contributed by atoms with Crippen LogP contribution in [0.1, 0.15) is 28.8 Å². The van der Waals surface area contributed by atoms with Gasteiger partial charge in [0.2, 0.25) is 0 Å². The lowest BCUT2D eigenvalue weighted by atomic mass is 10.00. The Kier molecular flexibility index (Phi) is 9.46. The molecule has 1 saturated heterocycles. The van der Waals surface area contributed by atoms with E-state index in [4.69, 9.17) is 0 Å². The van der Waals surface area contributed by atoms with E-state index in [9.17, 15) is 18.0 Å². The maximum absolute atomic E-state index is 13.8. The van der Waals surface area contributed by atoms with Crippen LogP contribution in [0.2, 0.25) is 0 Å². The fourth-order valence-electron chi connectivity index (χ4n) is 3.56. The van der Waals surface area contributed by atoms with Gasteiger partial charge in [-0.25, -0.2) is 13.2 Å². The molecule has 8 heteroatoms. The van der Waals surface area contributed by atoms with Crippen LogP contribution < -0.4 is 4.90 Å². The van der Waals surface area contributed by atoms with E-state index in [1.807, 2.05) is 25.2 Å². The quantitative estimate of drug-likeness (QED) is 0.607. The summed E-state index contributed by atoms with van der Waals surface area (Å²) in [5.74, 6) is -4.08. The third-order valence-electron chi connectivity index (χ3n) is 5.20. The van der Waals surface area contributed by atoms with E-state index < -0.39 is 28.8 Å². The molecule has 0 N–H and O–H groups in total. The zero-order chi connectivity index (χ0) is 19.6. The largest absolute Gasteiger partial charge is 0.372 e. The first-order chi connectivity index (χ1) is 12.8. The van der Waals surface area contributed by atoms with Crippen LogP contribution in [0, 0.1) is 17.5 Å². The number of hydrogen-bond acceptors (Lipinski definition) is 3. The Morgan fingerprint density at radius 3 is 2.24 bits per heavy atom. The lowest BCUT2D eigenvalue weighted by Crippen LogP contribution is -2.42. The third kappa shape index (κ3) is 6.11. The van der Waals surface area contributed by atoms with Crippen molar-refractivity contribution in [1.29, 1.82) is 0 Å². The summed E-state index contributed by atoms with van der Waals surface area (Å²) in [6, 6.07) is 8.89. The fraction of sp³-hybridized carbons (Fsp3) is 0.381. The van der Waals surface area contributed by atoms with Crippen molar-refractivity contribution in [3.63, 3.8) is 0 Å². The maximum Gasteiger partial charge on any atom is 0.173 e. The number of anilines is 1. The lowest BCUT2D eigenvalue weighted by molar-refractivity contribution is 0.0984. The van der Waals surface area contributed by atoms with Crippen LogP contribution in [0.15, 0.2) is 36.4 Å². The summed E-state index contributed by atoms with van der Waals surface area (Å²) < 4.78 is 40.7. The minimum absolute atomic E-state index is 0. The molecule has 3 nitrogen and oxygen atoms in total. The first-order valence-electron chi connectivity index (χ1n) is 9.03. The first-order valence-corrected chi connectivity index (χ1v) is 9.03. The zero-order valence-electron chi connectivity index (χ0n) is 16.3. The highest BCUT2D eigenvalue weighted by Crippen LogP contribution is 2.24. The van der Waals surface area contributed by atoms with Gasteiger partial charge in [0.25, 0.3) is 0 Å². The van der Waals surface area contributed by atoms with Gasteiger partial charge in [-0.2, -0.15) is 0 Å². The number of nitrogens with zero attached hydrogens (tertiary/aromatic N) is 2. The molecule has 0 atom stereocenters. The molecular weight excluding hydrogens is 424 g/mol. The van der Waals surface area contributed by atoms with Crippen molar-refractivity contribution in [1.82, 2.24) is 4.90 Å². The number of carbonyl (C=O) groups excluding carboxylic acids is 1. The second-order valence-electron chi connectivity index (χ2n) is 7.16. The molecule has 0 unspecified atom stereocenters. The molecule has 2 aromatic carbocycles. The van der Waals surface area contributed by atoms with Gasteiger partial charge in [-0.05, 0) is 50.7 Å². The zero-order valence-corrected chi connectivity index (χ0v) is 18.0. The average molecular weight is 449 g/mol. The lowest BCUT2D eigenvalue weighted by Gasteiger charge is -2.36. The van der Waals surface area contributed by atoms with Gasteiger partial charge in [-0.3, -0.25) is 4.79 Å². The predicted octanol–water partition coefficient (Wildman–Crippen LogP) is 4.90. The van der Waals surface area contributed by atoms with Crippen molar-refractivity contribution in [2.45, 2.75) is 25.3 Å². The summed E-state index contributed by atoms with van der Waals surface area (Å²) in [6.07, 6.45) is 1.97. The van der Waals surface area contributed by atoms with E-state index in [-0.39, 0.29) is 31.2 Å². The Balaban J connectivity index is 0.00000210. The smallest absolute Gasteiger partial charge is 0.173 e. The molecule has 0 radical (unpaired) electrons. The van der Waals surface area contributed by atoms with Crippen molar-refractivity contribution < 1.29 is 18.0 Å². The summed E-state index contributed by atoms with van der Waals surface area (Å²) in [5, 5.41) is 0. The Labute approximate surface area is 181 Å². The van der Waals surface area contributed by atoms with Gasteiger partial charge in [0.15, 0.2) is 5.78 Å². The summed E-state index contributed by atoms with van der Waals surface area (Å²) in [6.45, 7) is 2.08. The average Bonchev–Trinajstić information content (AvgIpc) is 2.61. The van der Waals surface area contributed by atoms with Crippen LogP contribution in [-0.4, -0.2) is 43.9 Å². The van der Waals surface area contributed by atoms with Crippen LogP contribution in [-0.2, 0) is 6.42 Å². The highest BCUT2D eigenvalue weighted by atomic mass is 35.5. The van der Waals surface area contributed by atoms with Gasteiger partial charge in [0, 0.05) is 37.3 Å². The molecule has 0 aromatic heterocycles. The summed E-state index contributed by atoms with van der Waals surface area (Å²) >= 11 is 0. The summed E-state index contributed by atoms with van der Waals surface area (Å²) in [5.41, 5.74) is 0.945. The minimum Gasteiger partial charge on any atom is -0.372 e. The van der Waals surface area contributed by atoms with Gasteiger partial charge in [-0.1, -0.05) is 12.1 Å². The van der Waals surface area contributed by atoms with Crippen LogP contribution in [0.25, 0.3) is 0 Å². The minimum atomic E-state index is -1.17. The molecule has 0 aliphatic carbocycles. The van der Waals surface area contributed by atoms with Gasteiger partial charge >= 0.3 is 0 Å². The molecule has 2 aromatic rings. The SMILES string of the molecule is CN1CCC(N(C)c2cccc(CC(=O)c3c(F)cc(F)cc3F)c2)CC1.Cl.Cl. The van der Waals surface area contributed by atoms with E-state index in [0.29, 0.717) is 23.7 Å². The van der Waals surface area contributed by atoms with Gasteiger partial charge in [0.05, 0.1) is 5.56 Å². The monoisotopic (exact) mass is 448 g/mol. The normalized spacial score (nSPS) is 14.7. The van der Waals surface area contributed by atoms with E-state index in [1.54, 1.807) is 6.07 Å². The molecular formula is C21H25Cl2F3N2O. The van der Waals surface area contributed by atoms with Crippen molar-refractivity contribution in [2.75, 3.05) is 32.1 Å². The molecule has 1 aliphatic heterocycles. The number of ketones is 1. The van der Waals surface area contributed by atoms with E-state index >= 15 is 0 Å². The number of benzene rings is 2. The molecule has 1 heterocycles. The second-order valence-corrected chi connectivity index (χ2v) is 7.16. The molecule has 29 heavy (non-hydrogen) atoms. The molecule has 3 rings (SSSR count). The molecule has 160 valence electrons. The van der Waals surface area contributed by atoms with Gasteiger partial charge < -0.3 is 9.80 Å². The molecule has 0 spiro atoms. The van der Waals surface area contributed by atoms with E-state index in [0.717, 1.165) is 31.6 Å². The molecule has 0 saturated carbocycles. The van der Waals surface area contributed by atoms with Crippen molar-refractivity contribution in [3.8, 4) is 0 Å². The Morgan fingerprint density at radius 2 is 1.66 bits per heavy atom. The number of rotatable bonds is 5. The van der Waals surface area contributed by atoms with Gasteiger partial charge in [0.1, 0.15) is 17.5 Å². The standard InChI is InChI=1S/C21H23F3N2O.2ClH/c1-25-8-6-16(7-9-25)26(2)17-5-3-4-14(10-17)11-20(27)21-18(23)12-15(22)13-19(21)24;;/h3-5,10,12-13,16H,6-9,11H2,1-2H3;2*1H. The number of halogens is 5. The van der Waals surface area contributed by atoms with Crippen LogP contribution >= 0.6 is 24.8 Å². The molecule has 0 bridgehead atoms. The summed E-state index contributed by atoms with van der Waals surface area (Å²) in [7, 11) is 4.13. The van der Waals surface area contributed by atoms with E-state index in [1.165, 1.54) is 0 Å². The Hall–Kier alpha value is -1.76. The number of likely N-dealkylation sites (tertiary alicyclic amines) is 1. The molecule has 0 amide bonds.